The first-order chi connectivity index (χ1) is 10.3. The largest absolute Gasteiger partial charge is 0.490 e. The predicted octanol–water partition coefficient (Wildman–Crippen LogP) is 3.14. The predicted molar refractivity (Wildman–Crippen MR) is 84.1 cm³/mol. The first-order valence-electron chi connectivity index (χ1n) is 8.05. The molecule has 1 N–H and O–H groups in total. The Labute approximate surface area is 127 Å². The molecule has 0 radical (unpaired) electrons. The van der Waals surface area contributed by atoms with Gasteiger partial charge in [-0.05, 0) is 38.8 Å². The SMILES string of the molecule is CCCNCc1cccc(OCC)c1OC1CCCOC1. The van der Waals surface area contributed by atoms with Crippen molar-refractivity contribution < 1.29 is 14.2 Å². The zero-order valence-electron chi connectivity index (χ0n) is 13.2. The van der Waals surface area contributed by atoms with Gasteiger partial charge in [0.05, 0.1) is 13.2 Å². The van der Waals surface area contributed by atoms with Gasteiger partial charge < -0.3 is 19.5 Å². The average molecular weight is 293 g/mol. The highest BCUT2D eigenvalue weighted by Gasteiger charge is 2.19. The summed E-state index contributed by atoms with van der Waals surface area (Å²) in [6.07, 6.45) is 3.36. The zero-order valence-corrected chi connectivity index (χ0v) is 13.2. The summed E-state index contributed by atoms with van der Waals surface area (Å²) in [4.78, 5) is 0. The Hall–Kier alpha value is -1.26. The molecule has 1 unspecified atom stereocenters. The van der Waals surface area contributed by atoms with Gasteiger partial charge in [0, 0.05) is 18.7 Å². The van der Waals surface area contributed by atoms with E-state index in [0.29, 0.717) is 13.2 Å². The second kappa shape index (κ2) is 8.90. The normalized spacial score (nSPS) is 18.5. The van der Waals surface area contributed by atoms with Gasteiger partial charge in [0.25, 0.3) is 0 Å². The summed E-state index contributed by atoms with van der Waals surface area (Å²) >= 11 is 0. The molecule has 4 nitrogen and oxygen atoms in total. The van der Waals surface area contributed by atoms with Crippen molar-refractivity contribution in [3.8, 4) is 11.5 Å². The maximum atomic E-state index is 6.21. The van der Waals surface area contributed by atoms with Gasteiger partial charge in [0.15, 0.2) is 11.5 Å². The standard InChI is InChI=1S/C17H27NO3/c1-3-10-18-12-14-7-5-9-16(20-4-2)17(14)21-15-8-6-11-19-13-15/h5,7,9,15,18H,3-4,6,8,10-13H2,1-2H3. The highest BCUT2D eigenvalue weighted by atomic mass is 16.6. The van der Waals surface area contributed by atoms with Crippen LogP contribution in [0, 0.1) is 0 Å². The number of ether oxygens (including phenoxy) is 3. The van der Waals surface area contributed by atoms with E-state index in [9.17, 15) is 0 Å². The van der Waals surface area contributed by atoms with Crippen LogP contribution in [0.4, 0.5) is 0 Å². The van der Waals surface area contributed by atoms with E-state index in [2.05, 4.69) is 18.3 Å². The van der Waals surface area contributed by atoms with Crippen molar-refractivity contribution in [1.29, 1.82) is 0 Å². The summed E-state index contributed by atoms with van der Waals surface area (Å²) in [7, 11) is 0. The van der Waals surface area contributed by atoms with Gasteiger partial charge in [0.1, 0.15) is 6.10 Å². The van der Waals surface area contributed by atoms with Crippen molar-refractivity contribution in [1.82, 2.24) is 5.32 Å². The molecular formula is C17H27NO3. The molecule has 1 heterocycles. The van der Waals surface area contributed by atoms with Crippen molar-refractivity contribution in [3.63, 3.8) is 0 Å². The highest BCUT2D eigenvalue weighted by molar-refractivity contribution is 5.46. The second-order valence-corrected chi connectivity index (χ2v) is 5.31. The van der Waals surface area contributed by atoms with Crippen LogP contribution in [0.25, 0.3) is 0 Å². The summed E-state index contributed by atoms with van der Waals surface area (Å²) in [5.74, 6) is 1.71. The van der Waals surface area contributed by atoms with E-state index < -0.39 is 0 Å². The van der Waals surface area contributed by atoms with E-state index in [4.69, 9.17) is 14.2 Å². The van der Waals surface area contributed by atoms with Crippen LogP contribution < -0.4 is 14.8 Å². The quantitative estimate of drug-likeness (QED) is 0.747. The minimum absolute atomic E-state index is 0.130. The first kappa shape index (κ1) is 16.1. The van der Waals surface area contributed by atoms with Gasteiger partial charge in [-0.25, -0.2) is 0 Å². The molecule has 1 saturated heterocycles. The van der Waals surface area contributed by atoms with Crippen molar-refractivity contribution in [3.05, 3.63) is 23.8 Å². The van der Waals surface area contributed by atoms with Gasteiger partial charge in [-0.1, -0.05) is 19.1 Å². The Morgan fingerprint density at radius 2 is 2.24 bits per heavy atom. The third-order valence-electron chi connectivity index (χ3n) is 3.51. The molecule has 0 aliphatic carbocycles. The Balaban J connectivity index is 2.11. The molecule has 4 heteroatoms. The van der Waals surface area contributed by atoms with E-state index in [1.165, 1.54) is 0 Å². The molecule has 1 fully saturated rings. The van der Waals surface area contributed by atoms with Crippen molar-refractivity contribution in [2.24, 2.45) is 0 Å². The summed E-state index contributed by atoms with van der Waals surface area (Å²) < 4.78 is 17.5. The molecule has 0 saturated carbocycles. The third-order valence-corrected chi connectivity index (χ3v) is 3.51. The van der Waals surface area contributed by atoms with Gasteiger partial charge in [-0.2, -0.15) is 0 Å². The highest BCUT2D eigenvalue weighted by Crippen LogP contribution is 2.33. The minimum Gasteiger partial charge on any atom is -0.490 e. The van der Waals surface area contributed by atoms with Crippen molar-refractivity contribution in [2.45, 2.75) is 45.8 Å². The summed E-state index contributed by atoms with van der Waals surface area (Å²) in [6.45, 7) is 8.13. The first-order valence-corrected chi connectivity index (χ1v) is 8.05. The van der Waals surface area contributed by atoms with Crippen LogP contribution in [0.3, 0.4) is 0 Å². The van der Waals surface area contributed by atoms with E-state index in [1.54, 1.807) is 0 Å². The van der Waals surface area contributed by atoms with Crippen LogP contribution in [-0.2, 0) is 11.3 Å². The second-order valence-electron chi connectivity index (χ2n) is 5.31. The fourth-order valence-corrected chi connectivity index (χ4v) is 2.47. The molecule has 1 atom stereocenters. The number of hydrogen-bond donors (Lipinski definition) is 1. The van der Waals surface area contributed by atoms with Gasteiger partial charge in [-0.15, -0.1) is 0 Å². The molecule has 0 spiro atoms. The Morgan fingerprint density at radius 3 is 2.95 bits per heavy atom. The van der Waals surface area contributed by atoms with Crippen LogP contribution in [-0.4, -0.2) is 32.5 Å². The van der Waals surface area contributed by atoms with Gasteiger partial charge >= 0.3 is 0 Å². The van der Waals surface area contributed by atoms with Crippen molar-refractivity contribution >= 4 is 0 Å². The van der Waals surface area contributed by atoms with Crippen LogP contribution in [0.2, 0.25) is 0 Å². The molecule has 1 aliphatic heterocycles. The maximum Gasteiger partial charge on any atom is 0.166 e. The number of benzene rings is 1. The van der Waals surface area contributed by atoms with Crippen LogP contribution in [0.1, 0.15) is 38.7 Å². The van der Waals surface area contributed by atoms with Gasteiger partial charge in [0.2, 0.25) is 0 Å². The Morgan fingerprint density at radius 1 is 1.33 bits per heavy atom. The number of para-hydroxylation sites is 1. The van der Waals surface area contributed by atoms with E-state index >= 15 is 0 Å². The van der Waals surface area contributed by atoms with Crippen LogP contribution in [0.5, 0.6) is 11.5 Å². The minimum atomic E-state index is 0.130. The Kier molecular flexibility index (Phi) is 6.83. The van der Waals surface area contributed by atoms with Gasteiger partial charge in [-0.3, -0.25) is 0 Å². The maximum absolute atomic E-state index is 6.21. The lowest BCUT2D eigenvalue weighted by Gasteiger charge is -2.26. The number of rotatable bonds is 8. The third kappa shape index (κ3) is 4.90. The molecule has 0 aromatic heterocycles. The fraction of sp³-hybridized carbons (Fsp3) is 0.647. The lowest BCUT2D eigenvalue weighted by molar-refractivity contribution is 0.00580. The molecule has 118 valence electrons. The molecule has 1 aliphatic rings. The number of nitrogens with one attached hydrogen (secondary N) is 1. The molecule has 1 aromatic carbocycles. The van der Waals surface area contributed by atoms with E-state index in [0.717, 1.165) is 56.0 Å². The smallest absolute Gasteiger partial charge is 0.166 e. The molecular weight excluding hydrogens is 266 g/mol. The number of hydrogen-bond acceptors (Lipinski definition) is 4. The lowest BCUT2D eigenvalue weighted by atomic mass is 10.1. The van der Waals surface area contributed by atoms with Crippen LogP contribution in [0.15, 0.2) is 18.2 Å². The summed E-state index contributed by atoms with van der Waals surface area (Å²) in [5, 5.41) is 3.43. The molecule has 0 amide bonds. The zero-order chi connectivity index (χ0) is 14.9. The molecule has 1 aromatic rings. The van der Waals surface area contributed by atoms with E-state index in [-0.39, 0.29) is 6.10 Å². The van der Waals surface area contributed by atoms with Crippen molar-refractivity contribution in [2.75, 3.05) is 26.4 Å². The summed E-state index contributed by atoms with van der Waals surface area (Å²) in [5.41, 5.74) is 1.15. The lowest BCUT2D eigenvalue weighted by Crippen LogP contribution is -2.29. The van der Waals surface area contributed by atoms with Crippen LogP contribution >= 0.6 is 0 Å². The topological polar surface area (TPSA) is 39.7 Å². The molecule has 21 heavy (non-hydrogen) atoms. The average Bonchev–Trinajstić information content (AvgIpc) is 2.52. The Bertz CT molecular complexity index is 416. The summed E-state index contributed by atoms with van der Waals surface area (Å²) in [6, 6.07) is 6.11. The van der Waals surface area contributed by atoms with E-state index in [1.807, 2.05) is 19.1 Å². The fourth-order valence-electron chi connectivity index (χ4n) is 2.47. The molecule has 2 rings (SSSR count). The monoisotopic (exact) mass is 293 g/mol. The molecule has 0 bridgehead atoms.